The SMILES string of the molecule is CCCC[N+](CCCC)(CCCC)CCCC.N[C@@H](CC(=O)O)C(=O)O. The largest absolute Gasteiger partial charge is 0.481 e. The molecule has 0 aromatic carbocycles. The van der Waals surface area contributed by atoms with E-state index in [1.807, 2.05) is 0 Å². The minimum Gasteiger partial charge on any atom is -0.481 e. The summed E-state index contributed by atoms with van der Waals surface area (Å²) < 4.78 is 1.42. The van der Waals surface area contributed by atoms with Crippen LogP contribution >= 0.6 is 0 Å². The van der Waals surface area contributed by atoms with Crippen molar-refractivity contribution in [2.24, 2.45) is 5.73 Å². The van der Waals surface area contributed by atoms with E-state index in [1.54, 1.807) is 0 Å². The summed E-state index contributed by atoms with van der Waals surface area (Å²) in [6.07, 6.45) is 10.5. The highest BCUT2D eigenvalue weighted by Crippen LogP contribution is 2.16. The second-order valence-corrected chi connectivity index (χ2v) is 7.19. The first-order chi connectivity index (χ1) is 12.3. The van der Waals surface area contributed by atoms with Gasteiger partial charge in [0.1, 0.15) is 6.04 Å². The van der Waals surface area contributed by atoms with Gasteiger partial charge in [0, 0.05) is 0 Å². The zero-order valence-corrected chi connectivity index (χ0v) is 17.5. The van der Waals surface area contributed by atoms with Crippen molar-refractivity contribution < 1.29 is 24.3 Å². The van der Waals surface area contributed by atoms with E-state index in [0.29, 0.717) is 0 Å². The minimum atomic E-state index is -1.29. The molecular formula is C20H43N2O4+. The van der Waals surface area contributed by atoms with Crippen LogP contribution in [0, 0.1) is 0 Å². The molecular weight excluding hydrogens is 332 g/mol. The Hall–Kier alpha value is -1.14. The van der Waals surface area contributed by atoms with Crippen LogP contribution in [0.25, 0.3) is 0 Å². The Kier molecular flexibility index (Phi) is 18.0. The van der Waals surface area contributed by atoms with Gasteiger partial charge < -0.3 is 20.4 Å². The number of carboxylic acids is 2. The smallest absolute Gasteiger partial charge is 0.321 e. The molecule has 6 heteroatoms. The van der Waals surface area contributed by atoms with E-state index < -0.39 is 24.4 Å². The zero-order valence-electron chi connectivity index (χ0n) is 17.5. The second kappa shape index (κ2) is 17.3. The number of nitrogens with zero attached hydrogens (tertiary/aromatic N) is 1. The highest BCUT2D eigenvalue weighted by Gasteiger charge is 2.24. The van der Waals surface area contributed by atoms with Crippen molar-refractivity contribution in [3.8, 4) is 0 Å². The van der Waals surface area contributed by atoms with Gasteiger partial charge >= 0.3 is 11.9 Å². The maximum Gasteiger partial charge on any atom is 0.321 e. The van der Waals surface area contributed by atoms with Gasteiger partial charge in [-0.25, -0.2) is 0 Å². The van der Waals surface area contributed by atoms with Gasteiger partial charge in [0.25, 0.3) is 0 Å². The molecule has 0 fully saturated rings. The summed E-state index contributed by atoms with van der Waals surface area (Å²) in [4.78, 5) is 19.6. The van der Waals surface area contributed by atoms with Gasteiger partial charge in [-0.15, -0.1) is 0 Å². The average Bonchev–Trinajstić information content (AvgIpc) is 2.60. The number of carboxylic acid groups (broad SMARTS) is 2. The topological polar surface area (TPSA) is 101 Å². The van der Waals surface area contributed by atoms with Gasteiger partial charge in [0.2, 0.25) is 0 Å². The first kappa shape index (κ1) is 27.1. The van der Waals surface area contributed by atoms with Crippen LogP contribution in [0.1, 0.15) is 85.5 Å². The summed E-state index contributed by atoms with van der Waals surface area (Å²) in [6.45, 7) is 15.0. The van der Waals surface area contributed by atoms with Gasteiger partial charge in [-0.3, -0.25) is 9.59 Å². The summed E-state index contributed by atoms with van der Waals surface area (Å²) >= 11 is 0. The molecule has 0 spiro atoms. The Morgan fingerprint density at radius 2 is 1.08 bits per heavy atom. The molecule has 0 aliphatic heterocycles. The van der Waals surface area contributed by atoms with Crippen LogP contribution in [0.5, 0.6) is 0 Å². The molecule has 0 saturated carbocycles. The molecule has 0 bridgehead atoms. The molecule has 26 heavy (non-hydrogen) atoms. The van der Waals surface area contributed by atoms with Crippen LogP contribution < -0.4 is 5.73 Å². The lowest BCUT2D eigenvalue weighted by Crippen LogP contribution is -2.50. The van der Waals surface area contributed by atoms with Crippen LogP contribution in [0.4, 0.5) is 0 Å². The minimum absolute atomic E-state index is 0.532. The first-order valence-electron chi connectivity index (χ1n) is 10.3. The van der Waals surface area contributed by atoms with Crippen molar-refractivity contribution in [2.75, 3.05) is 26.2 Å². The van der Waals surface area contributed by atoms with E-state index in [2.05, 4.69) is 27.7 Å². The van der Waals surface area contributed by atoms with Crippen LogP contribution in [-0.4, -0.2) is 58.9 Å². The fraction of sp³-hybridized carbons (Fsp3) is 0.900. The first-order valence-corrected chi connectivity index (χ1v) is 10.3. The molecule has 156 valence electrons. The number of carbonyl (C=O) groups is 2. The summed E-state index contributed by atoms with van der Waals surface area (Å²) in [6, 6.07) is -1.29. The normalized spacial score (nSPS) is 12.2. The number of hydrogen-bond donors (Lipinski definition) is 3. The van der Waals surface area contributed by atoms with Gasteiger partial charge in [-0.1, -0.05) is 53.4 Å². The molecule has 0 aliphatic carbocycles. The Balaban J connectivity index is 0. The van der Waals surface area contributed by atoms with Crippen molar-refractivity contribution in [3.63, 3.8) is 0 Å². The Labute approximate surface area is 160 Å². The zero-order chi connectivity index (χ0) is 20.4. The predicted molar refractivity (Wildman–Crippen MR) is 107 cm³/mol. The molecule has 0 aliphatic rings. The Bertz CT molecular complexity index is 324. The summed E-state index contributed by atoms with van der Waals surface area (Å²) in [5.41, 5.74) is 4.84. The molecule has 0 saturated heterocycles. The van der Waals surface area contributed by atoms with E-state index in [1.165, 1.54) is 82.0 Å². The number of quaternary nitrogens is 1. The molecule has 1 atom stereocenters. The summed E-state index contributed by atoms with van der Waals surface area (Å²) in [7, 11) is 0. The number of rotatable bonds is 15. The van der Waals surface area contributed by atoms with Crippen LogP contribution in [0.15, 0.2) is 0 Å². The lowest BCUT2D eigenvalue weighted by atomic mass is 10.1. The van der Waals surface area contributed by atoms with Gasteiger partial charge in [-0.2, -0.15) is 0 Å². The lowest BCUT2D eigenvalue weighted by molar-refractivity contribution is -0.929. The molecule has 6 nitrogen and oxygen atoms in total. The number of hydrogen-bond acceptors (Lipinski definition) is 3. The summed E-state index contributed by atoms with van der Waals surface area (Å²) in [5.74, 6) is -2.50. The van der Waals surface area contributed by atoms with Crippen LogP contribution in [0.3, 0.4) is 0 Å². The van der Waals surface area contributed by atoms with Crippen molar-refractivity contribution in [1.82, 2.24) is 0 Å². The predicted octanol–water partition coefficient (Wildman–Crippen LogP) is 3.88. The maximum atomic E-state index is 9.85. The number of unbranched alkanes of at least 4 members (excludes halogenated alkanes) is 4. The lowest BCUT2D eigenvalue weighted by Gasteiger charge is -2.39. The standard InChI is InChI=1S/C16H36N.C4H7NO4/c1-5-9-13-17(14-10-6-2,15-11-7-3)16-12-8-4;5-2(4(8)9)1-3(6)7/h5-16H2,1-4H3;2H,1,5H2,(H,6,7)(H,8,9)/q+1;/t;2-/m.0/s1. The highest BCUT2D eigenvalue weighted by molar-refractivity contribution is 5.80. The molecule has 0 unspecified atom stereocenters. The second-order valence-electron chi connectivity index (χ2n) is 7.19. The van der Waals surface area contributed by atoms with E-state index >= 15 is 0 Å². The average molecular weight is 376 g/mol. The fourth-order valence-electron chi connectivity index (χ4n) is 2.92. The van der Waals surface area contributed by atoms with Crippen molar-refractivity contribution in [1.29, 1.82) is 0 Å². The maximum absolute atomic E-state index is 9.85. The van der Waals surface area contributed by atoms with Crippen molar-refractivity contribution in [3.05, 3.63) is 0 Å². The van der Waals surface area contributed by atoms with Crippen molar-refractivity contribution in [2.45, 2.75) is 91.5 Å². The molecule has 0 amide bonds. The molecule has 4 N–H and O–H groups in total. The van der Waals surface area contributed by atoms with E-state index in [-0.39, 0.29) is 0 Å². The quantitative estimate of drug-likeness (QED) is 0.377. The Morgan fingerprint density at radius 3 is 1.23 bits per heavy atom. The van der Waals surface area contributed by atoms with Gasteiger partial charge in [0.05, 0.1) is 32.6 Å². The Morgan fingerprint density at radius 1 is 0.769 bits per heavy atom. The molecule has 0 heterocycles. The third-order valence-corrected chi connectivity index (χ3v) is 4.66. The van der Waals surface area contributed by atoms with Gasteiger partial charge in [0.15, 0.2) is 0 Å². The third kappa shape index (κ3) is 15.1. The molecule has 0 aromatic heterocycles. The third-order valence-electron chi connectivity index (χ3n) is 4.66. The number of aliphatic carboxylic acids is 2. The fourth-order valence-corrected chi connectivity index (χ4v) is 2.92. The van der Waals surface area contributed by atoms with E-state index in [4.69, 9.17) is 15.9 Å². The monoisotopic (exact) mass is 375 g/mol. The van der Waals surface area contributed by atoms with E-state index in [0.717, 1.165) is 0 Å². The molecule has 0 radical (unpaired) electrons. The van der Waals surface area contributed by atoms with Crippen molar-refractivity contribution >= 4 is 11.9 Å². The van der Waals surface area contributed by atoms with Crippen LogP contribution in [-0.2, 0) is 9.59 Å². The van der Waals surface area contributed by atoms with Crippen LogP contribution in [0.2, 0.25) is 0 Å². The number of nitrogens with two attached hydrogens (primary N) is 1. The van der Waals surface area contributed by atoms with E-state index in [9.17, 15) is 9.59 Å². The van der Waals surface area contributed by atoms with Gasteiger partial charge in [-0.05, 0) is 25.7 Å². The highest BCUT2D eigenvalue weighted by atomic mass is 16.4. The molecule has 0 aromatic rings. The summed E-state index contributed by atoms with van der Waals surface area (Å²) in [5, 5.41) is 16.0. The molecule has 0 rings (SSSR count).